The Labute approximate surface area is 148 Å². The molecule has 0 aliphatic heterocycles. The molecule has 0 unspecified atom stereocenters. The summed E-state index contributed by atoms with van der Waals surface area (Å²) in [6, 6.07) is 7.07. The average molecular weight is 351 g/mol. The Bertz CT molecular complexity index is 611. The van der Waals surface area contributed by atoms with E-state index in [2.05, 4.69) is 17.9 Å². The molecule has 24 heavy (non-hydrogen) atoms. The summed E-state index contributed by atoms with van der Waals surface area (Å²) >= 11 is 3.92. The maximum absolute atomic E-state index is 12.0. The number of hydrogen-bond donors (Lipinski definition) is 3. The van der Waals surface area contributed by atoms with Crippen LogP contribution in [0.4, 0.5) is 4.79 Å². The molecule has 1 aromatic carbocycles. The molecule has 1 aliphatic rings. The topological polar surface area (TPSA) is 75.6 Å². The molecule has 6 heteroatoms. The lowest BCUT2D eigenvalue weighted by Crippen LogP contribution is -2.44. The van der Waals surface area contributed by atoms with Gasteiger partial charge < -0.3 is 15.2 Å². The minimum absolute atomic E-state index is 0.101. The van der Waals surface area contributed by atoms with Gasteiger partial charge in [-0.05, 0) is 45.6 Å². The van der Waals surface area contributed by atoms with Gasteiger partial charge in [-0.1, -0.05) is 24.3 Å². The normalized spacial score (nSPS) is 24.3. The van der Waals surface area contributed by atoms with Crippen LogP contribution in [0, 0.1) is 0 Å². The van der Waals surface area contributed by atoms with Gasteiger partial charge in [0.1, 0.15) is 5.60 Å². The van der Waals surface area contributed by atoms with Crippen LogP contribution in [-0.2, 0) is 4.74 Å². The lowest BCUT2D eigenvalue weighted by Gasteiger charge is -2.35. The van der Waals surface area contributed by atoms with Crippen molar-refractivity contribution < 1.29 is 19.4 Å². The maximum atomic E-state index is 12.0. The van der Waals surface area contributed by atoms with Gasteiger partial charge in [-0.25, -0.2) is 4.79 Å². The molecule has 1 saturated carbocycles. The molecule has 5 nitrogen and oxygen atoms in total. The second kappa shape index (κ2) is 7.57. The number of alkyl carbamates (subject to hydrolysis) is 1. The number of carbonyl (C=O) groups excluding carboxylic acids is 2. The summed E-state index contributed by atoms with van der Waals surface area (Å²) in [5.74, 6) is -0.217. The van der Waals surface area contributed by atoms with Crippen LogP contribution in [0.5, 0.6) is 0 Å². The number of ether oxygens (including phenoxy) is 1. The van der Waals surface area contributed by atoms with Crippen LogP contribution in [0.3, 0.4) is 0 Å². The van der Waals surface area contributed by atoms with Crippen LogP contribution < -0.4 is 5.32 Å². The van der Waals surface area contributed by atoms with Gasteiger partial charge in [-0.15, -0.1) is 12.6 Å². The zero-order valence-corrected chi connectivity index (χ0v) is 15.2. The molecular formula is C18H25NO4S. The monoisotopic (exact) mass is 351 g/mol. The van der Waals surface area contributed by atoms with Crippen molar-refractivity contribution in [1.82, 2.24) is 5.32 Å². The van der Waals surface area contributed by atoms with Crippen molar-refractivity contribution in [2.24, 2.45) is 0 Å². The van der Waals surface area contributed by atoms with E-state index in [4.69, 9.17) is 4.74 Å². The number of aliphatic hydroxyl groups is 1. The van der Waals surface area contributed by atoms with E-state index in [0.29, 0.717) is 24.8 Å². The first kappa shape index (κ1) is 18.8. The van der Waals surface area contributed by atoms with Gasteiger partial charge in [-0.3, -0.25) is 4.79 Å². The Hall–Kier alpha value is -1.53. The Morgan fingerprint density at radius 2 is 1.92 bits per heavy atom. The van der Waals surface area contributed by atoms with Crippen molar-refractivity contribution in [3.05, 3.63) is 35.4 Å². The number of nitrogens with one attached hydrogen (secondary N) is 1. The van der Waals surface area contributed by atoms with Crippen molar-refractivity contribution in [3.63, 3.8) is 0 Å². The average Bonchev–Trinajstić information content (AvgIpc) is 2.47. The Balaban J connectivity index is 2.12. The van der Waals surface area contributed by atoms with Crippen LogP contribution >= 0.6 is 12.6 Å². The van der Waals surface area contributed by atoms with Gasteiger partial charge in [0.15, 0.2) is 0 Å². The zero-order chi connectivity index (χ0) is 17.9. The number of rotatable bonds is 3. The third kappa shape index (κ3) is 4.98. The summed E-state index contributed by atoms with van der Waals surface area (Å²) in [6.45, 7) is 5.44. The lowest BCUT2D eigenvalue weighted by molar-refractivity contribution is 0.0436. The molecule has 1 aliphatic carbocycles. The van der Waals surface area contributed by atoms with E-state index >= 15 is 0 Å². The smallest absolute Gasteiger partial charge is 0.407 e. The van der Waals surface area contributed by atoms with E-state index in [1.807, 2.05) is 32.9 Å². The largest absolute Gasteiger partial charge is 0.444 e. The Kier molecular flexibility index (Phi) is 5.93. The van der Waals surface area contributed by atoms with Crippen LogP contribution in [0.1, 0.15) is 61.9 Å². The summed E-state index contributed by atoms with van der Waals surface area (Å²) in [5.41, 5.74) is 0.728. The highest BCUT2D eigenvalue weighted by molar-refractivity contribution is 7.97. The van der Waals surface area contributed by atoms with Crippen molar-refractivity contribution in [2.75, 3.05) is 0 Å². The molecule has 0 bridgehead atoms. The Morgan fingerprint density at radius 1 is 1.25 bits per heavy atom. The summed E-state index contributed by atoms with van der Waals surface area (Å²) in [7, 11) is 0. The molecule has 0 heterocycles. The summed E-state index contributed by atoms with van der Waals surface area (Å²) < 4.78 is 5.29. The molecule has 2 rings (SSSR count). The number of aliphatic hydroxyl groups excluding tert-OH is 1. The minimum Gasteiger partial charge on any atom is -0.444 e. The van der Waals surface area contributed by atoms with Gasteiger partial charge in [0.05, 0.1) is 6.10 Å². The highest BCUT2D eigenvalue weighted by Gasteiger charge is 2.33. The van der Waals surface area contributed by atoms with Gasteiger partial charge in [0.2, 0.25) is 5.12 Å². The molecule has 0 aromatic heterocycles. The SMILES string of the molecule is CC(C)(C)OC(=O)N[C@@H]1CC[C@H](O)[C@H](c2ccccc2C(=O)S)C1. The van der Waals surface area contributed by atoms with Crippen LogP contribution in [0.2, 0.25) is 0 Å². The van der Waals surface area contributed by atoms with Crippen LogP contribution in [0.15, 0.2) is 24.3 Å². The van der Waals surface area contributed by atoms with E-state index in [1.165, 1.54) is 0 Å². The van der Waals surface area contributed by atoms with E-state index in [9.17, 15) is 14.7 Å². The molecule has 0 spiro atoms. The second-order valence-electron chi connectivity index (χ2n) is 7.22. The van der Waals surface area contributed by atoms with E-state index < -0.39 is 17.8 Å². The van der Waals surface area contributed by atoms with Crippen molar-refractivity contribution in [1.29, 1.82) is 0 Å². The van der Waals surface area contributed by atoms with Crippen molar-refractivity contribution >= 4 is 23.8 Å². The number of hydrogen-bond acceptors (Lipinski definition) is 4. The highest BCUT2D eigenvalue weighted by atomic mass is 32.1. The second-order valence-corrected chi connectivity index (χ2v) is 7.63. The van der Waals surface area contributed by atoms with Gasteiger partial charge in [0.25, 0.3) is 0 Å². The van der Waals surface area contributed by atoms with E-state index in [1.54, 1.807) is 12.1 Å². The number of benzene rings is 1. The number of amides is 1. The fraction of sp³-hybridized carbons (Fsp3) is 0.556. The summed E-state index contributed by atoms with van der Waals surface area (Å²) in [5, 5.41) is 12.9. The predicted octanol–water partition coefficient (Wildman–Crippen LogP) is 3.28. The first-order chi connectivity index (χ1) is 11.2. The molecule has 0 radical (unpaired) electrons. The Morgan fingerprint density at radius 3 is 2.54 bits per heavy atom. The molecule has 1 fully saturated rings. The molecule has 1 amide bonds. The van der Waals surface area contributed by atoms with E-state index in [0.717, 1.165) is 5.56 Å². The quantitative estimate of drug-likeness (QED) is 0.731. The highest BCUT2D eigenvalue weighted by Crippen LogP contribution is 2.35. The maximum Gasteiger partial charge on any atom is 0.407 e. The predicted molar refractivity (Wildman–Crippen MR) is 95.5 cm³/mol. The number of carbonyl (C=O) groups is 2. The molecule has 132 valence electrons. The first-order valence-electron chi connectivity index (χ1n) is 8.17. The summed E-state index contributed by atoms with van der Waals surface area (Å²) in [6.07, 6.45) is 0.781. The molecule has 1 aromatic rings. The third-order valence-corrected chi connectivity index (χ3v) is 4.37. The van der Waals surface area contributed by atoms with E-state index in [-0.39, 0.29) is 17.1 Å². The van der Waals surface area contributed by atoms with Gasteiger partial charge in [0, 0.05) is 17.5 Å². The first-order valence-corrected chi connectivity index (χ1v) is 8.62. The van der Waals surface area contributed by atoms with Gasteiger partial charge in [-0.2, -0.15) is 0 Å². The lowest BCUT2D eigenvalue weighted by atomic mass is 9.78. The minimum atomic E-state index is -0.553. The standard InChI is InChI=1S/C18H25NO4S/c1-18(2,3)23-17(22)19-11-8-9-15(20)14(10-11)12-6-4-5-7-13(12)16(21)24/h4-7,11,14-15,20H,8-10H2,1-3H3,(H,19,22)(H,21,24)/t11-,14+,15+/m1/s1. The molecule has 3 atom stereocenters. The van der Waals surface area contributed by atoms with Crippen LogP contribution in [0.25, 0.3) is 0 Å². The summed E-state index contributed by atoms with van der Waals surface area (Å²) in [4.78, 5) is 23.7. The van der Waals surface area contributed by atoms with Crippen molar-refractivity contribution in [2.45, 2.75) is 63.7 Å². The molecule has 2 N–H and O–H groups in total. The fourth-order valence-corrected chi connectivity index (χ4v) is 3.31. The fourth-order valence-electron chi connectivity index (χ4n) is 3.11. The number of thiol groups is 1. The molecule has 0 saturated heterocycles. The van der Waals surface area contributed by atoms with Crippen LogP contribution in [-0.4, -0.2) is 34.1 Å². The molecular weight excluding hydrogens is 326 g/mol. The van der Waals surface area contributed by atoms with Gasteiger partial charge >= 0.3 is 6.09 Å². The van der Waals surface area contributed by atoms with Crippen molar-refractivity contribution in [3.8, 4) is 0 Å². The third-order valence-electron chi connectivity index (χ3n) is 4.13. The zero-order valence-electron chi connectivity index (χ0n) is 14.3.